The number of rotatable bonds is 3. The maximum atomic E-state index is 12.7. The summed E-state index contributed by atoms with van der Waals surface area (Å²) >= 11 is 6.18. The zero-order chi connectivity index (χ0) is 16.4. The molecule has 3 rings (SSSR count). The van der Waals surface area contributed by atoms with Crippen LogP contribution in [0.25, 0.3) is 0 Å². The Kier molecular flexibility index (Phi) is 4.87. The summed E-state index contributed by atoms with van der Waals surface area (Å²) in [5, 5.41) is 0.537. The van der Waals surface area contributed by atoms with Crippen LogP contribution in [0.3, 0.4) is 0 Å². The SMILES string of the molecule is NC[C@@H]1CCCN(C(=O)[C@@H]2CC(=O)N(c3ccccc3Cl)C2)C1. The average Bonchev–Trinajstić information content (AvgIpc) is 2.96. The summed E-state index contributed by atoms with van der Waals surface area (Å²) in [6.07, 6.45) is 2.33. The normalized spacial score (nSPS) is 25.0. The number of nitrogens with two attached hydrogens (primary N) is 1. The van der Waals surface area contributed by atoms with Crippen molar-refractivity contribution in [2.24, 2.45) is 17.6 Å². The van der Waals surface area contributed by atoms with Crippen LogP contribution in [0.2, 0.25) is 5.02 Å². The van der Waals surface area contributed by atoms with Gasteiger partial charge in [-0.3, -0.25) is 9.59 Å². The van der Waals surface area contributed by atoms with Gasteiger partial charge in [-0.25, -0.2) is 0 Å². The summed E-state index contributed by atoms with van der Waals surface area (Å²) in [6.45, 7) is 2.50. The number of carbonyl (C=O) groups is 2. The minimum absolute atomic E-state index is 0.0381. The molecule has 2 aliphatic rings. The van der Waals surface area contributed by atoms with E-state index in [0.717, 1.165) is 19.4 Å². The van der Waals surface area contributed by atoms with Crippen LogP contribution in [-0.4, -0.2) is 42.9 Å². The standard InChI is InChI=1S/C17H22ClN3O2/c18-14-5-1-2-6-15(14)21-11-13(8-16(21)22)17(23)20-7-3-4-12(9-19)10-20/h1-2,5-6,12-13H,3-4,7-11,19H2/t12-,13+/m0/s1. The molecule has 0 radical (unpaired) electrons. The van der Waals surface area contributed by atoms with E-state index in [2.05, 4.69) is 0 Å². The molecule has 2 fully saturated rings. The first-order valence-electron chi connectivity index (χ1n) is 8.14. The molecule has 0 spiro atoms. The molecule has 0 aliphatic carbocycles. The van der Waals surface area contributed by atoms with Crippen molar-refractivity contribution in [3.8, 4) is 0 Å². The van der Waals surface area contributed by atoms with Crippen LogP contribution < -0.4 is 10.6 Å². The Balaban J connectivity index is 1.70. The van der Waals surface area contributed by atoms with Crippen molar-refractivity contribution in [1.82, 2.24) is 4.90 Å². The molecule has 0 unspecified atom stereocenters. The zero-order valence-electron chi connectivity index (χ0n) is 13.1. The molecule has 2 saturated heterocycles. The minimum Gasteiger partial charge on any atom is -0.342 e. The fourth-order valence-electron chi connectivity index (χ4n) is 3.49. The van der Waals surface area contributed by atoms with Gasteiger partial charge in [0.25, 0.3) is 0 Å². The highest BCUT2D eigenvalue weighted by atomic mass is 35.5. The minimum atomic E-state index is -0.282. The summed E-state index contributed by atoms with van der Waals surface area (Å²) in [5.41, 5.74) is 6.43. The average molecular weight is 336 g/mol. The summed E-state index contributed by atoms with van der Waals surface area (Å²) in [5.74, 6) is 0.134. The van der Waals surface area contributed by atoms with Gasteiger partial charge in [0.15, 0.2) is 0 Å². The number of piperidine rings is 1. The fraction of sp³-hybridized carbons (Fsp3) is 0.529. The predicted octanol–water partition coefficient (Wildman–Crippen LogP) is 1.89. The summed E-state index contributed by atoms with van der Waals surface area (Å²) < 4.78 is 0. The van der Waals surface area contributed by atoms with Gasteiger partial charge in [0.05, 0.1) is 16.6 Å². The van der Waals surface area contributed by atoms with E-state index in [4.69, 9.17) is 17.3 Å². The summed E-state index contributed by atoms with van der Waals surface area (Å²) in [7, 11) is 0. The van der Waals surface area contributed by atoms with Crippen LogP contribution in [0.1, 0.15) is 19.3 Å². The van der Waals surface area contributed by atoms with Gasteiger partial charge in [-0.05, 0) is 37.4 Å². The van der Waals surface area contributed by atoms with Crippen LogP contribution in [0.5, 0.6) is 0 Å². The quantitative estimate of drug-likeness (QED) is 0.917. The molecule has 23 heavy (non-hydrogen) atoms. The second kappa shape index (κ2) is 6.89. The van der Waals surface area contributed by atoms with Crippen molar-refractivity contribution in [2.75, 3.05) is 31.1 Å². The lowest BCUT2D eigenvalue weighted by molar-refractivity contribution is -0.137. The van der Waals surface area contributed by atoms with Crippen LogP contribution in [0.4, 0.5) is 5.69 Å². The Bertz CT molecular complexity index is 607. The molecular weight excluding hydrogens is 314 g/mol. The van der Waals surface area contributed by atoms with Crippen molar-refractivity contribution >= 4 is 29.1 Å². The second-order valence-electron chi connectivity index (χ2n) is 6.39. The molecule has 2 atom stereocenters. The molecule has 0 aromatic heterocycles. The number of hydrogen-bond donors (Lipinski definition) is 1. The molecule has 2 N–H and O–H groups in total. The molecule has 2 heterocycles. The number of anilines is 1. The van der Waals surface area contributed by atoms with E-state index in [0.29, 0.717) is 36.3 Å². The van der Waals surface area contributed by atoms with Crippen LogP contribution in [-0.2, 0) is 9.59 Å². The largest absolute Gasteiger partial charge is 0.342 e. The Morgan fingerprint density at radius 1 is 1.30 bits per heavy atom. The lowest BCUT2D eigenvalue weighted by atomic mass is 9.96. The van der Waals surface area contributed by atoms with Crippen molar-refractivity contribution in [2.45, 2.75) is 19.3 Å². The molecule has 6 heteroatoms. The smallest absolute Gasteiger partial charge is 0.228 e. The molecule has 5 nitrogen and oxygen atoms in total. The van der Waals surface area contributed by atoms with Crippen molar-refractivity contribution in [1.29, 1.82) is 0 Å². The van der Waals surface area contributed by atoms with Gasteiger partial charge in [-0.2, -0.15) is 0 Å². The van der Waals surface area contributed by atoms with Gasteiger partial charge in [0.1, 0.15) is 0 Å². The molecule has 2 amide bonds. The first-order valence-corrected chi connectivity index (χ1v) is 8.51. The topological polar surface area (TPSA) is 66.6 Å². The number of likely N-dealkylation sites (tertiary alicyclic amines) is 1. The third kappa shape index (κ3) is 3.35. The number of carbonyl (C=O) groups excluding carboxylic acids is 2. The molecular formula is C17H22ClN3O2. The molecule has 0 saturated carbocycles. The van der Waals surface area contributed by atoms with Crippen molar-refractivity contribution < 1.29 is 9.59 Å². The Morgan fingerprint density at radius 3 is 2.83 bits per heavy atom. The Hall–Kier alpha value is -1.59. The number of amides is 2. The predicted molar refractivity (Wildman–Crippen MR) is 90.3 cm³/mol. The lowest BCUT2D eigenvalue weighted by Gasteiger charge is -2.33. The van der Waals surface area contributed by atoms with Crippen LogP contribution in [0, 0.1) is 11.8 Å². The number of hydrogen-bond acceptors (Lipinski definition) is 3. The van der Waals surface area contributed by atoms with E-state index in [9.17, 15) is 9.59 Å². The molecule has 1 aromatic rings. The first-order chi connectivity index (χ1) is 11.1. The van der Waals surface area contributed by atoms with E-state index < -0.39 is 0 Å². The van der Waals surface area contributed by atoms with E-state index >= 15 is 0 Å². The Morgan fingerprint density at radius 2 is 2.09 bits per heavy atom. The maximum absolute atomic E-state index is 12.7. The monoisotopic (exact) mass is 335 g/mol. The highest BCUT2D eigenvalue weighted by molar-refractivity contribution is 6.33. The van der Waals surface area contributed by atoms with Gasteiger partial charge in [-0.15, -0.1) is 0 Å². The van der Waals surface area contributed by atoms with Gasteiger partial charge < -0.3 is 15.5 Å². The van der Waals surface area contributed by atoms with E-state index in [-0.39, 0.29) is 24.2 Å². The summed E-state index contributed by atoms with van der Waals surface area (Å²) in [4.78, 5) is 28.6. The highest BCUT2D eigenvalue weighted by Gasteiger charge is 2.38. The van der Waals surface area contributed by atoms with E-state index in [1.165, 1.54) is 0 Å². The summed E-state index contributed by atoms with van der Waals surface area (Å²) in [6, 6.07) is 7.25. The Labute approximate surface area is 141 Å². The molecule has 2 aliphatic heterocycles. The second-order valence-corrected chi connectivity index (χ2v) is 6.79. The number of para-hydroxylation sites is 1. The fourth-order valence-corrected chi connectivity index (χ4v) is 3.73. The first kappa shape index (κ1) is 16.3. The number of nitrogens with zero attached hydrogens (tertiary/aromatic N) is 2. The molecule has 0 bridgehead atoms. The van der Waals surface area contributed by atoms with E-state index in [1.807, 2.05) is 23.1 Å². The number of halogens is 1. The lowest BCUT2D eigenvalue weighted by Crippen LogP contribution is -2.45. The van der Waals surface area contributed by atoms with E-state index in [1.54, 1.807) is 11.0 Å². The van der Waals surface area contributed by atoms with Crippen LogP contribution in [0.15, 0.2) is 24.3 Å². The molecule has 124 valence electrons. The van der Waals surface area contributed by atoms with Crippen LogP contribution >= 0.6 is 11.6 Å². The van der Waals surface area contributed by atoms with Gasteiger partial charge in [0.2, 0.25) is 11.8 Å². The number of benzene rings is 1. The third-order valence-corrected chi connectivity index (χ3v) is 5.10. The highest BCUT2D eigenvalue weighted by Crippen LogP contribution is 2.32. The third-order valence-electron chi connectivity index (χ3n) is 4.78. The molecule has 1 aromatic carbocycles. The van der Waals surface area contributed by atoms with Gasteiger partial charge >= 0.3 is 0 Å². The zero-order valence-corrected chi connectivity index (χ0v) is 13.8. The van der Waals surface area contributed by atoms with Gasteiger partial charge in [-0.1, -0.05) is 23.7 Å². The van der Waals surface area contributed by atoms with Crippen molar-refractivity contribution in [3.05, 3.63) is 29.3 Å². The van der Waals surface area contributed by atoms with Crippen molar-refractivity contribution in [3.63, 3.8) is 0 Å². The van der Waals surface area contributed by atoms with Gasteiger partial charge in [0, 0.05) is 26.1 Å². The maximum Gasteiger partial charge on any atom is 0.228 e.